The highest BCUT2D eigenvalue weighted by Gasteiger charge is 2.17. The lowest BCUT2D eigenvalue weighted by molar-refractivity contribution is 0.219. The Morgan fingerprint density at radius 3 is 2.75 bits per heavy atom. The third kappa shape index (κ3) is 2.57. The Hall–Kier alpha value is -1.78. The van der Waals surface area contributed by atoms with E-state index in [-0.39, 0.29) is 0 Å². The van der Waals surface area contributed by atoms with Crippen LogP contribution in [0.25, 0.3) is 0 Å². The van der Waals surface area contributed by atoms with Crippen molar-refractivity contribution in [3.05, 3.63) is 52.8 Å². The number of nitrogens with zero attached hydrogens (tertiary/aromatic N) is 1. The van der Waals surface area contributed by atoms with Crippen LogP contribution in [-0.2, 0) is 0 Å². The molecule has 0 aliphatic carbocycles. The number of hydrogen-bond acceptors (Lipinski definition) is 4. The van der Waals surface area contributed by atoms with E-state index in [0.29, 0.717) is 40.9 Å². The third-order valence-corrected chi connectivity index (χ3v) is 3.50. The lowest BCUT2D eigenvalue weighted by Gasteiger charge is -2.15. The summed E-state index contributed by atoms with van der Waals surface area (Å²) < 4.78 is 11.2. The second-order valence-electron chi connectivity index (χ2n) is 4.56. The van der Waals surface area contributed by atoms with Crippen molar-refractivity contribution in [1.82, 2.24) is 4.98 Å². The Morgan fingerprint density at radius 2 is 1.95 bits per heavy atom. The summed E-state index contributed by atoms with van der Waals surface area (Å²) >= 11 is 6.06. The number of fused-ring (bicyclic) bond motifs is 1. The summed E-state index contributed by atoms with van der Waals surface area (Å²) in [6.45, 7) is 1.26. The third-order valence-electron chi connectivity index (χ3n) is 3.19. The van der Waals surface area contributed by atoms with Gasteiger partial charge in [-0.2, -0.15) is 0 Å². The topological polar surface area (TPSA) is 51.6 Å². The van der Waals surface area contributed by atoms with E-state index in [4.69, 9.17) is 21.1 Å². The highest BCUT2D eigenvalue weighted by atomic mass is 35.5. The molecule has 5 heteroatoms. The van der Waals surface area contributed by atoms with Crippen LogP contribution in [0.4, 0.5) is 0 Å². The Labute approximate surface area is 121 Å². The van der Waals surface area contributed by atoms with Crippen molar-refractivity contribution in [3.8, 4) is 11.5 Å². The second kappa shape index (κ2) is 5.69. The number of rotatable bonds is 2. The number of halogens is 1. The van der Waals surface area contributed by atoms with Crippen molar-refractivity contribution >= 4 is 11.6 Å². The predicted molar refractivity (Wildman–Crippen MR) is 75.4 cm³/mol. The molecule has 1 N–H and O–H groups in total. The molecule has 1 aromatic heterocycles. The minimum atomic E-state index is -0.817. The molecule has 4 nitrogen and oxygen atoms in total. The Kier molecular flexibility index (Phi) is 3.76. The molecule has 2 aromatic rings. The van der Waals surface area contributed by atoms with Gasteiger partial charge in [0.15, 0.2) is 11.5 Å². The molecule has 1 unspecified atom stereocenters. The van der Waals surface area contributed by atoms with E-state index in [1.54, 1.807) is 18.3 Å². The van der Waals surface area contributed by atoms with Crippen LogP contribution < -0.4 is 9.47 Å². The number of benzene rings is 1. The summed E-state index contributed by atoms with van der Waals surface area (Å²) in [7, 11) is 0. The summed E-state index contributed by atoms with van der Waals surface area (Å²) in [6, 6.07) is 7.13. The maximum absolute atomic E-state index is 10.4. The van der Waals surface area contributed by atoms with Crippen LogP contribution in [-0.4, -0.2) is 23.3 Å². The van der Waals surface area contributed by atoms with Crippen LogP contribution in [0.3, 0.4) is 0 Å². The standard InChI is InChI=1S/C15H14ClNO3/c16-12-9-17-5-4-11(12)15(18)10-2-3-13-14(8-10)20-7-1-6-19-13/h2-5,8-9,15,18H,1,6-7H2. The van der Waals surface area contributed by atoms with Crippen molar-refractivity contribution in [2.24, 2.45) is 0 Å². The molecular formula is C15H14ClNO3. The fourth-order valence-corrected chi connectivity index (χ4v) is 2.36. The lowest BCUT2D eigenvalue weighted by Crippen LogP contribution is -2.02. The molecule has 0 amide bonds. The molecule has 0 radical (unpaired) electrons. The van der Waals surface area contributed by atoms with E-state index in [9.17, 15) is 5.11 Å². The fraction of sp³-hybridized carbons (Fsp3) is 0.267. The summed E-state index contributed by atoms with van der Waals surface area (Å²) in [4.78, 5) is 3.92. The molecule has 1 aliphatic heterocycles. The first-order valence-electron chi connectivity index (χ1n) is 6.43. The lowest BCUT2D eigenvalue weighted by atomic mass is 10.0. The zero-order chi connectivity index (χ0) is 13.9. The normalized spacial score (nSPS) is 15.5. The number of ether oxygens (including phenoxy) is 2. The molecule has 0 saturated heterocycles. The van der Waals surface area contributed by atoms with Gasteiger partial charge < -0.3 is 14.6 Å². The maximum atomic E-state index is 10.4. The van der Waals surface area contributed by atoms with Gasteiger partial charge in [-0.1, -0.05) is 17.7 Å². The molecule has 3 rings (SSSR count). The van der Waals surface area contributed by atoms with Crippen LogP contribution in [0.2, 0.25) is 5.02 Å². The van der Waals surface area contributed by atoms with Crippen molar-refractivity contribution in [2.75, 3.05) is 13.2 Å². The Bertz CT molecular complexity index is 618. The highest BCUT2D eigenvalue weighted by molar-refractivity contribution is 6.31. The van der Waals surface area contributed by atoms with E-state index in [2.05, 4.69) is 4.98 Å². The summed E-state index contributed by atoms with van der Waals surface area (Å²) in [6.07, 6.45) is 3.15. The van der Waals surface area contributed by atoms with Crippen molar-refractivity contribution < 1.29 is 14.6 Å². The van der Waals surface area contributed by atoms with Crippen molar-refractivity contribution in [2.45, 2.75) is 12.5 Å². The van der Waals surface area contributed by atoms with Gasteiger partial charge in [-0.3, -0.25) is 4.98 Å². The average molecular weight is 292 g/mol. The van der Waals surface area contributed by atoms with Crippen molar-refractivity contribution in [1.29, 1.82) is 0 Å². The molecular weight excluding hydrogens is 278 g/mol. The number of pyridine rings is 1. The summed E-state index contributed by atoms with van der Waals surface area (Å²) in [5.74, 6) is 1.36. The Morgan fingerprint density at radius 1 is 1.15 bits per heavy atom. The minimum absolute atomic E-state index is 0.437. The number of hydrogen-bond donors (Lipinski definition) is 1. The van der Waals surface area contributed by atoms with Crippen LogP contribution in [0.15, 0.2) is 36.7 Å². The molecule has 1 aliphatic rings. The van der Waals surface area contributed by atoms with Crippen LogP contribution in [0, 0.1) is 0 Å². The second-order valence-corrected chi connectivity index (χ2v) is 4.96. The van der Waals surface area contributed by atoms with Gasteiger partial charge in [-0.25, -0.2) is 0 Å². The van der Waals surface area contributed by atoms with E-state index in [1.165, 1.54) is 6.20 Å². The zero-order valence-corrected chi connectivity index (χ0v) is 11.5. The highest BCUT2D eigenvalue weighted by Crippen LogP contribution is 2.35. The van der Waals surface area contributed by atoms with Gasteiger partial charge in [-0.05, 0) is 23.8 Å². The quantitative estimate of drug-likeness (QED) is 0.924. The van der Waals surface area contributed by atoms with E-state index < -0.39 is 6.10 Å². The van der Waals surface area contributed by atoms with Crippen LogP contribution in [0.5, 0.6) is 11.5 Å². The van der Waals surface area contributed by atoms with Gasteiger partial charge >= 0.3 is 0 Å². The number of aliphatic hydroxyl groups is 1. The molecule has 0 bridgehead atoms. The molecule has 2 heterocycles. The monoisotopic (exact) mass is 291 g/mol. The van der Waals surface area contributed by atoms with Gasteiger partial charge in [0.2, 0.25) is 0 Å². The first-order chi connectivity index (χ1) is 9.75. The van der Waals surface area contributed by atoms with Gasteiger partial charge in [0, 0.05) is 24.4 Å². The average Bonchev–Trinajstić information content (AvgIpc) is 2.71. The Balaban J connectivity index is 1.94. The zero-order valence-electron chi connectivity index (χ0n) is 10.8. The number of aliphatic hydroxyl groups excluding tert-OH is 1. The van der Waals surface area contributed by atoms with Gasteiger partial charge in [-0.15, -0.1) is 0 Å². The molecule has 1 atom stereocenters. The predicted octanol–water partition coefficient (Wildman–Crippen LogP) is 2.98. The maximum Gasteiger partial charge on any atom is 0.161 e. The fourth-order valence-electron chi connectivity index (χ4n) is 2.14. The smallest absolute Gasteiger partial charge is 0.161 e. The molecule has 1 aromatic carbocycles. The van der Waals surface area contributed by atoms with Crippen molar-refractivity contribution in [3.63, 3.8) is 0 Å². The largest absolute Gasteiger partial charge is 0.490 e. The SMILES string of the molecule is OC(c1ccc2c(c1)OCCCO2)c1ccncc1Cl. The summed E-state index contributed by atoms with van der Waals surface area (Å²) in [5.41, 5.74) is 1.33. The summed E-state index contributed by atoms with van der Waals surface area (Å²) in [5, 5.41) is 10.9. The first-order valence-corrected chi connectivity index (χ1v) is 6.80. The molecule has 0 spiro atoms. The molecule has 104 valence electrons. The van der Waals surface area contributed by atoms with Gasteiger partial charge in [0.25, 0.3) is 0 Å². The van der Waals surface area contributed by atoms with Crippen LogP contribution >= 0.6 is 11.6 Å². The van der Waals surface area contributed by atoms with E-state index in [1.807, 2.05) is 12.1 Å². The molecule has 0 saturated carbocycles. The van der Waals surface area contributed by atoms with Gasteiger partial charge in [0.1, 0.15) is 6.10 Å². The molecule has 0 fully saturated rings. The van der Waals surface area contributed by atoms with Crippen LogP contribution in [0.1, 0.15) is 23.7 Å². The first kappa shape index (κ1) is 13.2. The minimum Gasteiger partial charge on any atom is -0.490 e. The number of aromatic nitrogens is 1. The van der Waals surface area contributed by atoms with E-state index >= 15 is 0 Å². The van der Waals surface area contributed by atoms with Gasteiger partial charge in [0.05, 0.1) is 18.2 Å². The molecule has 20 heavy (non-hydrogen) atoms. The van der Waals surface area contributed by atoms with E-state index in [0.717, 1.165) is 6.42 Å².